The number of nitrogens with two attached hydrogens (primary N) is 1. The van der Waals surface area contributed by atoms with Crippen LogP contribution < -0.4 is 5.73 Å². The maximum absolute atomic E-state index is 5.73. The van der Waals surface area contributed by atoms with Crippen molar-refractivity contribution in [2.75, 3.05) is 26.9 Å². The van der Waals surface area contributed by atoms with Gasteiger partial charge in [-0.25, -0.2) is 0 Å². The van der Waals surface area contributed by atoms with Gasteiger partial charge in [-0.15, -0.1) is 0 Å². The summed E-state index contributed by atoms with van der Waals surface area (Å²) in [5.74, 6) is 0. The smallest absolute Gasteiger partial charge is 0.0700 e. The fraction of sp³-hybridized carbons (Fsp3) is 1.00. The molecule has 0 saturated carbocycles. The van der Waals surface area contributed by atoms with Crippen molar-refractivity contribution in [3.63, 3.8) is 0 Å². The Hall–Kier alpha value is -0.120. The van der Waals surface area contributed by atoms with Crippen molar-refractivity contribution in [1.29, 1.82) is 0 Å². The molecular formula is C9H21NO2. The Bertz CT molecular complexity index is 88.6. The van der Waals surface area contributed by atoms with E-state index in [2.05, 4.69) is 6.92 Å². The highest BCUT2D eigenvalue weighted by Crippen LogP contribution is 1.98. The molecule has 1 unspecified atom stereocenters. The summed E-state index contributed by atoms with van der Waals surface area (Å²) in [6.45, 7) is 4.28. The van der Waals surface area contributed by atoms with Gasteiger partial charge in [0.2, 0.25) is 0 Å². The van der Waals surface area contributed by atoms with E-state index < -0.39 is 0 Å². The summed E-state index contributed by atoms with van der Waals surface area (Å²) in [5.41, 5.74) is 5.73. The third-order valence-electron chi connectivity index (χ3n) is 1.82. The Labute approximate surface area is 75.2 Å². The van der Waals surface area contributed by atoms with Gasteiger partial charge in [-0.05, 0) is 19.3 Å². The molecule has 12 heavy (non-hydrogen) atoms. The van der Waals surface area contributed by atoms with Crippen molar-refractivity contribution in [3.05, 3.63) is 0 Å². The fourth-order valence-electron chi connectivity index (χ4n) is 0.896. The lowest BCUT2D eigenvalue weighted by Crippen LogP contribution is -2.19. The summed E-state index contributed by atoms with van der Waals surface area (Å²) < 4.78 is 10.1. The molecule has 0 amide bonds. The molecule has 0 aromatic rings. The lowest BCUT2D eigenvalue weighted by molar-refractivity contribution is 0.0681. The van der Waals surface area contributed by atoms with Crippen molar-refractivity contribution in [1.82, 2.24) is 0 Å². The van der Waals surface area contributed by atoms with Crippen LogP contribution in [0.4, 0.5) is 0 Å². The third kappa shape index (κ3) is 7.98. The molecule has 3 heteroatoms. The Morgan fingerprint density at radius 2 is 2.00 bits per heavy atom. The van der Waals surface area contributed by atoms with E-state index in [1.165, 1.54) is 0 Å². The summed E-state index contributed by atoms with van der Waals surface area (Å²) in [7, 11) is 1.68. The van der Waals surface area contributed by atoms with Gasteiger partial charge in [-0.2, -0.15) is 0 Å². The minimum atomic E-state index is 0.344. The SMILES string of the molecule is CCC(N)CCCOCCOC. The van der Waals surface area contributed by atoms with Gasteiger partial charge in [0.1, 0.15) is 0 Å². The molecule has 0 radical (unpaired) electrons. The van der Waals surface area contributed by atoms with Crippen molar-refractivity contribution in [2.45, 2.75) is 32.2 Å². The van der Waals surface area contributed by atoms with Crippen LogP contribution in [0.15, 0.2) is 0 Å². The van der Waals surface area contributed by atoms with Crippen LogP contribution in [0.25, 0.3) is 0 Å². The van der Waals surface area contributed by atoms with Crippen LogP contribution >= 0.6 is 0 Å². The molecule has 0 heterocycles. The molecule has 1 atom stereocenters. The van der Waals surface area contributed by atoms with Crippen LogP contribution in [-0.4, -0.2) is 33.0 Å². The highest BCUT2D eigenvalue weighted by Gasteiger charge is 1.97. The minimum absolute atomic E-state index is 0.344. The zero-order chi connectivity index (χ0) is 9.23. The molecule has 0 fully saturated rings. The number of rotatable bonds is 8. The molecule has 0 spiro atoms. The van der Waals surface area contributed by atoms with Gasteiger partial charge in [0.05, 0.1) is 13.2 Å². The van der Waals surface area contributed by atoms with E-state index in [1.54, 1.807) is 7.11 Å². The lowest BCUT2D eigenvalue weighted by Gasteiger charge is -2.08. The molecular weight excluding hydrogens is 154 g/mol. The van der Waals surface area contributed by atoms with E-state index in [9.17, 15) is 0 Å². The first kappa shape index (κ1) is 11.9. The van der Waals surface area contributed by atoms with Gasteiger partial charge in [0.25, 0.3) is 0 Å². The topological polar surface area (TPSA) is 44.5 Å². The standard InChI is InChI=1S/C9H21NO2/c1-3-9(10)5-4-6-12-8-7-11-2/h9H,3-8,10H2,1-2H3. The lowest BCUT2D eigenvalue weighted by atomic mass is 10.1. The molecule has 0 aliphatic carbocycles. The zero-order valence-electron chi connectivity index (χ0n) is 8.21. The largest absolute Gasteiger partial charge is 0.382 e. The first-order valence-electron chi connectivity index (χ1n) is 4.63. The van der Waals surface area contributed by atoms with Crippen molar-refractivity contribution < 1.29 is 9.47 Å². The van der Waals surface area contributed by atoms with E-state index in [0.29, 0.717) is 19.3 Å². The Kier molecular flexibility index (Phi) is 8.88. The summed E-state index contributed by atoms with van der Waals surface area (Å²) in [4.78, 5) is 0. The first-order valence-corrected chi connectivity index (χ1v) is 4.63. The Morgan fingerprint density at radius 3 is 2.58 bits per heavy atom. The second kappa shape index (κ2) is 8.97. The van der Waals surface area contributed by atoms with E-state index >= 15 is 0 Å². The second-order valence-electron chi connectivity index (χ2n) is 2.92. The predicted octanol–water partition coefficient (Wildman–Crippen LogP) is 1.17. The van der Waals surface area contributed by atoms with Gasteiger partial charge in [-0.3, -0.25) is 0 Å². The molecule has 0 aromatic carbocycles. The third-order valence-corrected chi connectivity index (χ3v) is 1.82. The van der Waals surface area contributed by atoms with Crippen molar-refractivity contribution >= 4 is 0 Å². The highest BCUT2D eigenvalue weighted by atomic mass is 16.5. The summed E-state index contributed by atoms with van der Waals surface area (Å²) in [6, 6.07) is 0.344. The predicted molar refractivity (Wildman–Crippen MR) is 50.2 cm³/mol. The molecule has 0 aromatic heterocycles. The summed E-state index contributed by atoms with van der Waals surface area (Å²) in [5, 5.41) is 0. The van der Waals surface area contributed by atoms with Crippen molar-refractivity contribution in [2.24, 2.45) is 5.73 Å². The second-order valence-corrected chi connectivity index (χ2v) is 2.92. The summed E-state index contributed by atoms with van der Waals surface area (Å²) in [6.07, 6.45) is 3.17. The molecule has 0 rings (SSSR count). The first-order chi connectivity index (χ1) is 5.81. The van der Waals surface area contributed by atoms with Crippen LogP contribution in [0.2, 0.25) is 0 Å². The van der Waals surface area contributed by atoms with Gasteiger partial charge < -0.3 is 15.2 Å². The maximum Gasteiger partial charge on any atom is 0.0700 e. The molecule has 3 nitrogen and oxygen atoms in total. The Balaban J connectivity index is 2.90. The number of ether oxygens (including phenoxy) is 2. The van der Waals surface area contributed by atoms with E-state index in [4.69, 9.17) is 15.2 Å². The van der Waals surface area contributed by atoms with Gasteiger partial charge in [-0.1, -0.05) is 6.92 Å². The Morgan fingerprint density at radius 1 is 1.25 bits per heavy atom. The van der Waals surface area contributed by atoms with Crippen LogP contribution in [0, 0.1) is 0 Å². The van der Waals surface area contributed by atoms with Gasteiger partial charge >= 0.3 is 0 Å². The maximum atomic E-state index is 5.73. The average Bonchev–Trinajstić information content (AvgIpc) is 2.10. The van der Waals surface area contributed by atoms with E-state index in [1.807, 2.05) is 0 Å². The van der Waals surface area contributed by atoms with Gasteiger partial charge in [0, 0.05) is 19.8 Å². The van der Waals surface area contributed by atoms with E-state index in [-0.39, 0.29) is 0 Å². The zero-order valence-corrected chi connectivity index (χ0v) is 8.21. The van der Waals surface area contributed by atoms with Crippen LogP contribution in [0.1, 0.15) is 26.2 Å². The average molecular weight is 175 g/mol. The van der Waals surface area contributed by atoms with Gasteiger partial charge in [0.15, 0.2) is 0 Å². The quantitative estimate of drug-likeness (QED) is 0.563. The van der Waals surface area contributed by atoms with Crippen molar-refractivity contribution in [3.8, 4) is 0 Å². The van der Waals surface area contributed by atoms with Crippen LogP contribution in [0.3, 0.4) is 0 Å². The van der Waals surface area contributed by atoms with Crippen LogP contribution in [-0.2, 0) is 9.47 Å². The normalized spacial score (nSPS) is 13.2. The molecule has 0 bridgehead atoms. The molecule has 0 saturated heterocycles. The highest BCUT2D eigenvalue weighted by molar-refractivity contribution is 4.56. The molecule has 0 aliphatic heterocycles. The number of hydrogen-bond donors (Lipinski definition) is 1. The monoisotopic (exact) mass is 175 g/mol. The van der Waals surface area contributed by atoms with E-state index in [0.717, 1.165) is 25.9 Å². The number of methoxy groups -OCH3 is 1. The molecule has 74 valence electrons. The minimum Gasteiger partial charge on any atom is -0.382 e. The number of hydrogen-bond acceptors (Lipinski definition) is 3. The summed E-state index contributed by atoms with van der Waals surface area (Å²) >= 11 is 0. The molecule has 2 N–H and O–H groups in total. The fourth-order valence-corrected chi connectivity index (χ4v) is 0.896. The molecule has 0 aliphatic rings. The van der Waals surface area contributed by atoms with Crippen LogP contribution in [0.5, 0.6) is 0 Å².